The van der Waals surface area contributed by atoms with E-state index in [4.69, 9.17) is 25.1 Å². The average molecular weight is 905 g/mol. The zero-order valence-corrected chi connectivity index (χ0v) is 39.1. The Morgan fingerprint density at radius 3 is 2.16 bits per heavy atom. The Kier molecular flexibility index (Phi) is 7.89. The predicted octanol–water partition coefficient (Wildman–Crippen LogP) is 16.1. The molecule has 0 amide bonds. The summed E-state index contributed by atoms with van der Waals surface area (Å²) in [4.78, 5) is 4.74. The Morgan fingerprint density at radius 1 is 0.609 bits per heavy atom. The van der Waals surface area contributed by atoms with E-state index >= 15 is 0 Å². The molecule has 6 heteroatoms. The van der Waals surface area contributed by atoms with Crippen molar-refractivity contribution in [1.82, 2.24) is 14.1 Å². The van der Waals surface area contributed by atoms with Crippen molar-refractivity contribution in [3.05, 3.63) is 211 Å². The number of rotatable bonds is 7. The van der Waals surface area contributed by atoms with Crippen LogP contribution in [-0.2, 0) is 10.8 Å². The van der Waals surface area contributed by atoms with Gasteiger partial charge in [-0.3, -0.25) is 13.7 Å². The van der Waals surface area contributed by atoms with Crippen molar-refractivity contribution in [2.75, 3.05) is 0 Å². The van der Waals surface area contributed by atoms with E-state index in [2.05, 4.69) is 112 Å². The lowest BCUT2D eigenvalue weighted by Gasteiger charge is -2.30. The zero-order chi connectivity index (χ0) is 54.0. The van der Waals surface area contributed by atoms with Gasteiger partial charge >= 0.3 is 0 Å². The molecule has 0 fully saturated rings. The van der Waals surface area contributed by atoms with Crippen molar-refractivity contribution in [3.8, 4) is 50.9 Å². The van der Waals surface area contributed by atoms with E-state index in [0.717, 1.165) is 71.8 Å². The molecule has 12 rings (SSSR count). The zero-order valence-electron chi connectivity index (χ0n) is 47.1. The summed E-state index contributed by atoms with van der Waals surface area (Å²) < 4.78 is 87.0. The molecular formula is C63H52N4O2. The molecule has 4 aromatic heterocycles. The second kappa shape index (κ2) is 16.0. The van der Waals surface area contributed by atoms with Crippen LogP contribution in [0.15, 0.2) is 192 Å². The lowest BCUT2D eigenvalue weighted by atomic mass is 9.77. The number of hydrogen-bond donors (Lipinski definition) is 0. The van der Waals surface area contributed by atoms with Crippen LogP contribution in [-0.4, -0.2) is 14.1 Å². The lowest BCUT2D eigenvalue weighted by Crippen LogP contribution is -2.35. The topological polar surface area (TPSA) is 49.0 Å². The number of para-hydroxylation sites is 4. The van der Waals surface area contributed by atoms with Crippen molar-refractivity contribution in [2.45, 2.75) is 59.2 Å². The van der Waals surface area contributed by atoms with Crippen LogP contribution in [0.25, 0.3) is 94.2 Å². The fourth-order valence-corrected chi connectivity index (χ4v) is 9.64. The summed E-state index contributed by atoms with van der Waals surface area (Å²) in [6, 6.07) is 47.8. The fraction of sp³-hybridized carbons (Fsp3) is 0.143. The molecule has 0 N–H and O–H groups in total. The highest BCUT2D eigenvalue weighted by atomic mass is 16.5. The predicted molar refractivity (Wildman–Crippen MR) is 283 cm³/mol. The van der Waals surface area contributed by atoms with Gasteiger partial charge in [-0.2, -0.15) is 0 Å². The minimum atomic E-state index is -2.74. The molecular weight excluding hydrogens is 845 g/mol. The molecule has 0 spiro atoms. The van der Waals surface area contributed by atoms with Gasteiger partial charge in [0.15, 0.2) is 0 Å². The Labute approximate surface area is 413 Å². The van der Waals surface area contributed by atoms with Crippen LogP contribution in [0.4, 0.5) is 0 Å². The first kappa shape index (κ1) is 34.1. The third kappa shape index (κ3) is 7.26. The number of benzene rings is 8. The summed E-state index contributed by atoms with van der Waals surface area (Å²) in [7, 11) is 0. The smallest absolute Gasteiger partial charge is 0.269 e. The molecule has 0 atom stereocenters. The summed E-state index contributed by atoms with van der Waals surface area (Å²) in [5.74, 6) is 1.35. The van der Waals surface area contributed by atoms with Crippen LogP contribution in [0.1, 0.15) is 69.2 Å². The van der Waals surface area contributed by atoms with E-state index in [1.54, 1.807) is 0 Å². The van der Waals surface area contributed by atoms with Gasteiger partial charge in [0.2, 0.25) is 0 Å². The van der Waals surface area contributed by atoms with Crippen LogP contribution in [0, 0.1) is 13.2 Å². The quantitative estimate of drug-likeness (QED) is 0.118. The SMILES string of the molecule is [2H]c1c([2H])c([2H])c(-c2cnc(-n3c4ccccc4c4ccc(Oc5cccc(-n6[c-][n+](-c7c(-c8ccc9oc%10ccccc%10c9c8)cc(C(C)(C)C)cc7C(C)(C)C)c7ccccc76)c5)cc43)cc2C([2H])([2H])[2H])c([2H])c1[2H]. The summed E-state index contributed by atoms with van der Waals surface area (Å²) in [5.41, 5.74) is 10.6. The van der Waals surface area contributed by atoms with E-state index in [9.17, 15) is 0 Å². The van der Waals surface area contributed by atoms with Crippen LogP contribution >= 0.6 is 0 Å². The standard InChI is InChI=1S/C63H52N4O2/c1-40-32-60(64-38-52(40)41-18-9-8-10-19-41)67-54-24-13-11-22-47(54)48-30-29-46(37-57(48)67)68-45-21-17-20-44(36-45)65-39-66(56-26-15-14-25-55(56)65)61-50(34-43(62(2,3)4)35-53(61)63(5,6)7)42-28-31-59-51(33-42)49-23-12-16-27-58(49)69-59/h8-38H,1-7H3/i1D3,8D,9D,10D,18D,19D. The number of fused-ring (bicyclic) bond motifs is 7. The molecule has 0 saturated carbocycles. The molecule has 0 aliphatic rings. The Morgan fingerprint density at radius 2 is 1.35 bits per heavy atom. The van der Waals surface area contributed by atoms with Gasteiger partial charge in [-0.25, -0.2) is 4.98 Å². The third-order valence-corrected chi connectivity index (χ3v) is 13.1. The van der Waals surface area contributed by atoms with Crippen LogP contribution in [0.3, 0.4) is 0 Å². The number of pyridine rings is 1. The second-order valence-corrected chi connectivity index (χ2v) is 19.7. The van der Waals surface area contributed by atoms with Gasteiger partial charge in [-0.1, -0.05) is 157 Å². The molecule has 0 radical (unpaired) electrons. The number of nitrogens with zero attached hydrogens (tertiary/aromatic N) is 4. The largest absolute Gasteiger partial charge is 0.458 e. The molecule has 8 aromatic carbocycles. The second-order valence-electron chi connectivity index (χ2n) is 19.7. The van der Waals surface area contributed by atoms with Gasteiger partial charge in [0.05, 0.1) is 40.3 Å². The monoisotopic (exact) mass is 904 g/mol. The Hall–Kier alpha value is -8.22. The fourth-order valence-electron chi connectivity index (χ4n) is 9.64. The minimum absolute atomic E-state index is 0.0664. The molecule has 0 saturated heterocycles. The molecule has 0 bridgehead atoms. The van der Waals surface area contributed by atoms with E-state index in [1.165, 1.54) is 23.4 Å². The summed E-state index contributed by atoms with van der Waals surface area (Å²) in [5, 5.41) is 3.89. The van der Waals surface area contributed by atoms with Gasteiger partial charge in [-0.05, 0) is 112 Å². The highest BCUT2D eigenvalue weighted by Crippen LogP contribution is 2.42. The first-order valence-corrected chi connectivity index (χ1v) is 23.1. The van der Waals surface area contributed by atoms with Crippen molar-refractivity contribution >= 4 is 54.8 Å². The minimum Gasteiger partial charge on any atom is -0.458 e. The third-order valence-electron chi connectivity index (χ3n) is 13.1. The van der Waals surface area contributed by atoms with Crippen molar-refractivity contribution < 1.29 is 24.7 Å². The van der Waals surface area contributed by atoms with Gasteiger partial charge in [0.25, 0.3) is 6.33 Å². The molecule has 12 aromatic rings. The van der Waals surface area contributed by atoms with Crippen molar-refractivity contribution in [2.24, 2.45) is 0 Å². The average Bonchev–Trinajstić information content (AvgIpc) is 4.27. The van der Waals surface area contributed by atoms with E-state index in [1.807, 2.05) is 95.6 Å². The maximum absolute atomic E-state index is 8.65. The van der Waals surface area contributed by atoms with Gasteiger partial charge in [-0.15, -0.1) is 0 Å². The van der Waals surface area contributed by atoms with Crippen molar-refractivity contribution in [1.29, 1.82) is 0 Å². The molecule has 6 nitrogen and oxygen atoms in total. The van der Waals surface area contributed by atoms with Gasteiger partial charge < -0.3 is 9.15 Å². The molecule has 336 valence electrons. The number of ether oxygens (including phenoxy) is 1. The first-order chi connectivity index (χ1) is 36.7. The number of furan rings is 1. The van der Waals surface area contributed by atoms with Crippen LogP contribution in [0.2, 0.25) is 0 Å². The molecule has 0 unspecified atom stereocenters. The molecule has 0 aliphatic carbocycles. The van der Waals surface area contributed by atoms with Crippen LogP contribution in [0.5, 0.6) is 11.5 Å². The maximum Gasteiger partial charge on any atom is 0.269 e. The summed E-state index contributed by atoms with van der Waals surface area (Å²) >= 11 is 0. The van der Waals surface area contributed by atoms with Gasteiger partial charge in [0, 0.05) is 43.5 Å². The summed E-state index contributed by atoms with van der Waals surface area (Å²) in [6.07, 6.45) is 5.11. The first-order valence-electron chi connectivity index (χ1n) is 27.1. The highest BCUT2D eigenvalue weighted by Gasteiger charge is 2.29. The molecule has 4 heterocycles. The van der Waals surface area contributed by atoms with E-state index in [0.29, 0.717) is 17.0 Å². The van der Waals surface area contributed by atoms with Crippen LogP contribution < -0.4 is 9.30 Å². The Bertz CT molecular complexity index is 4370. The number of imidazole rings is 1. The van der Waals surface area contributed by atoms with Gasteiger partial charge in [0.1, 0.15) is 28.5 Å². The van der Waals surface area contributed by atoms with E-state index in [-0.39, 0.29) is 33.3 Å². The number of aryl methyl sites for hydroxylation is 1. The number of hydrogen-bond acceptors (Lipinski definition) is 3. The van der Waals surface area contributed by atoms with Crippen molar-refractivity contribution in [3.63, 3.8) is 0 Å². The molecule has 69 heavy (non-hydrogen) atoms. The Balaban J connectivity index is 0.979. The lowest BCUT2D eigenvalue weighted by molar-refractivity contribution is -0.572. The van der Waals surface area contributed by atoms with E-state index < -0.39 is 37.1 Å². The summed E-state index contributed by atoms with van der Waals surface area (Å²) in [6.45, 7) is 10.8. The maximum atomic E-state index is 8.65. The normalized spacial score (nSPS) is 14.1. The number of aromatic nitrogens is 4. The molecule has 0 aliphatic heterocycles. The highest BCUT2D eigenvalue weighted by molar-refractivity contribution is 6.10.